The number of rotatable bonds is 5. The molecule has 0 unspecified atom stereocenters. The normalized spacial score (nSPS) is 11.7. The minimum Gasteiger partial charge on any atom is -0.366 e. The van der Waals surface area contributed by atoms with E-state index in [1.165, 1.54) is 59.4 Å². The highest BCUT2D eigenvalue weighted by molar-refractivity contribution is 7.89. The van der Waals surface area contributed by atoms with Crippen LogP contribution in [0.15, 0.2) is 59.6 Å². The average Bonchev–Trinajstić information content (AvgIpc) is 3.07. The third kappa shape index (κ3) is 3.86. The van der Waals surface area contributed by atoms with Crippen LogP contribution in [0.3, 0.4) is 0 Å². The minimum atomic E-state index is -3.88. The Hall–Kier alpha value is -3.11. The number of hydrogen-bond donors (Lipinski definition) is 2. The van der Waals surface area contributed by atoms with Gasteiger partial charge in [0.05, 0.1) is 10.6 Å². The SMILES string of the molecule is NC(=O)c1ccc(-n2cc(-c3ccc(S(N)(=O)=O)cc3)c(C(F)F)n2)cc1. The summed E-state index contributed by atoms with van der Waals surface area (Å²) in [5.74, 6) is -0.606. The van der Waals surface area contributed by atoms with Gasteiger partial charge in [0.25, 0.3) is 6.43 Å². The van der Waals surface area contributed by atoms with Crippen LogP contribution in [0, 0.1) is 0 Å². The molecule has 1 aromatic heterocycles. The lowest BCUT2D eigenvalue weighted by Gasteiger charge is -2.03. The first kappa shape index (κ1) is 18.7. The first-order chi connectivity index (χ1) is 12.7. The van der Waals surface area contributed by atoms with Gasteiger partial charge >= 0.3 is 0 Å². The van der Waals surface area contributed by atoms with Crippen molar-refractivity contribution in [2.75, 3.05) is 0 Å². The van der Waals surface area contributed by atoms with E-state index >= 15 is 0 Å². The Morgan fingerprint density at radius 1 is 1.04 bits per heavy atom. The molecular weight excluding hydrogens is 378 g/mol. The molecule has 0 aliphatic carbocycles. The molecule has 0 spiro atoms. The Labute approximate surface area is 153 Å². The fraction of sp³-hybridized carbons (Fsp3) is 0.0588. The van der Waals surface area contributed by atoms with E-state index in [1.807, 2.05) is 0 Å². The monoisotopic (exact) mass is 392 g/mol. The van der Waals surface area contributed by atoms with Gasteiger partial charge in [-0.25, -0.2) is 27.0 Å². The molecule has 0 fully saturated rings. The van der Waals surface area contributed by atoms with Gasteiger partial charge in [-0.1, -0.05) is 12.1 Å². The highest BCUT2D eigenvalue weighted by atomic mass is 32.2. The minimum absolute atomic E-state index is 0.126. The molecule has 0 saturated heterocycles. The number of carbonyl (C=O) groups excluding carboxylic acids is 1. The van der Waals surface area contributed by atoms with Gasteiger partial charge in [0, 0.05) is 17.3 Å². The van der Waals surface area contributed by atoms with E-state index in [1.54, 1.807) is 0 Å². The molecule has 4 N–H and O–H groups in total. The molecule has 0 radical (unpaired) electrons. The fourth-order valence-corrected chi connectivity index (χ4v) is 3.02. The molecule has 0 aliphatic rings. The molecule has 3 rings (SSSR count). The van der Waals surface area contributed by atoms with Crippen molar-refractivity contribution in [1.82, 2.24) is 9.78 Å². The summed E-state index contributed by atoms with van der Waals surface area (Å²) in [4.78, 5) is 11.0. The lowest BCUT2D eigenvalue weighted by atomic mass is 10.1. The van der Waals surface area contributed by atoms with E-state index in [0.29, 0.717) is 11.3 Å². The quantitative estimate of drug-likeness (QED) is 0.691. The number of benzene rings is 2. The first-order valence-corrected chi connectivity index (χ1v) is 9.12. The smallest absolute Gasteiger partial charge is 0.282 e. The molecule has 0 atom stereocenters. The van der Waals surface area contributed by atoms with Gasteiger partial charge in [-0.15, -0.1) is 0 Å². The molecule has 7 nitrogen and oxygen atoms in total. The maximum atomic E-state index is 13.4. The maximum absolute atomic E-state index is 13.4. The number of amides is 1. The van der Waals surface area contributed by atoms with Crippen LogP contribution in [-0.2, 0) is 10.0 Å². The van der Waals surface area contributed by atoms with E-state index < -0.39 is 28.0 Å². The standard InChI is InChI=1S/C17H14F2N4O3S/c18-16(19)15-14(10-3-7-13(8-4-10)27(21,25)26)9-23(22-15)12-5-1-11(2-6-12)17(20)24/h1-9,16H,(H2,20,24)(H2,21,25,26). The van der Waals surface area contributed by atoms with Crippen LogP contribution in [0.4, 0.5) is 8.78 Å². The number of carbonyl (C=O) groups is 1. The number of nitrogens with two attached hydrogens (primary N) is 2. The Bertz CT molecular complexity index is 1090. The van der Waals surface area contributed by atoms with Crippen molar-refractivity contribution >= 4 is 15.9 Å². The molecule has 1 amide bonds. The molecule has 0 saturated carbocycles. The van der Waals surface area contributed by atoms with Crippen molar-refractivity contribution in [3.05, 3.63) is 66.0 Å². The van der Waals surface area contributed by atoms with E-state index in [-0.39, 0.29) is 16.0 Å². The van der Waals surface area contributed by atoms with Gasteiger partial charge in [0.1, 0.15) is 5.69 Å². The van der Waals surface area contributed by atoms with Gasteiger partial charge in [-0.2, -0.15) is 5.10 Å². The summed E-state index contributed by atoms with van der Waals surface area (Å²) in [5.41, 5.74) is 5.95. The lowest BCUT2D eigenvalue weighted by molar-refractivity contribution is 0.1000. The lowest BCUT2D eigenvalue weighted by Crippen LogP contribution is -2.11. The Balaban J connectivity index is 2.04. The van der Waals surface area contributed by atoms with Crippen molar-refractivity contribution in [1.29, 1.82) is 0 Å². The van der Waals surface area contributed by atoms with Gasteiger partial charge in [0.2, 0.25) is 15.9 Å². The first-order valence-electron chi connectivity index (χ1n) is 7.58. The number of halogens is 2. The van der Waals surface area contributed by atoms with E-state index in [4.69, 9.17) is 10.9 Å². The van der Waals surface area contributed by atoms with Crippen molar-refractivity contribution in [3.8, 4) is 16.8 Å². The van der Waals surface area contributed by atoms with Crippen molar-refractivity contribution in [2.45, 2.75) is 11.3 Å². The number of alkyl halides is 2. The molecule has 10 heteroatoms. The van der Waals surface area contributed by atoms with Crippen molar-refractivity contribution in [2.24, 2.45) is 10.9 Å². The van der Waals surface area contributed by atoms with Crippen molar-refractivity contribution < 1.29 is 22.0 Å². The highest BCUT2D eigenvalue weighted by Gasteiger charge is 2.20. The molecule has 1 heterocycles. The molecule has 0 bridgehead atoms. The maximum Gasteiger partial charge on any atom is 0.282 e. The van der Waals surface area contributed by atoms with Crippen LogP contribution in [-0.4, -0.2) is 24.1 Å². The third-order valence-corrected chi connectivity index (χ3v) is 4.79. The summed E-state index contributed by atoms with van der Waals surface area (Å²) in [7, 11) is -3.88. The summed E-state index contributed by atoms with van der Waals surface area (Å²) in [6.45, 7) is 0. The van der Waals surface area contributed by atoms with E-state index in [9.17, 15) is 22.0 Å². The largest absolute Gasteiger partial charge is 0.366 e. The fourth-order valence-electron chi connectivity index (χ4n) is 2.51. The Kier molecular flexibility index (Phi) is 4.77. The van der Waals surface area contributed by atoms with Gasteiger partial charge in [-0.3, -0.25) is 4.79 Å². The second-order valence-electron chi connectivity index (χ2n) is 5.65. The Morgan fingerprint density at radius 2 is 1.63 bits per heavy atom. The van der Waals surface area contributed by atoms with Crippen LogP contribution in [0.25, 0.3) is 16.8 Å². The highest BCUT2D eigenvalue weighted by Crippen LogP contribution is 2.31. The number of aromatic nitrogens is 2. The topological polar surface area (TPSA) is 121 Å². The average molecular weight is 392 g/mol. The predicted molar refractivity (Wildman–Crippen MR) is 93.8 cm³/mol. The number of sulfonamides is 1. The molecular formula is C17H14F2N4O3S. The molecule has 140 valence electrons. The van der Waals surface area contributed by atoms with Gasteiger partial charge < -0.3 is 5.73 Å². The van der Waals surface area contributed by atoms with E-state index in [2.05, 4.69) is 5.10 Å². The molecule has 2 aromatic carbocycles. The zero-order valence-electron chi connectivity index (χ0n) is 13.7. The molecule has 0 aliphatic heterocycles. The third-order valence-electron chi connectivity index (χ3n) is 3.86. The number of nitrogens with zero attached hydrogens (tertiary/aromatic N) is 2. The summed E-state index contributed by atoms with van der Waals surface area (Å²) >= 11 is 0. The number of hydrogen-bond acceptors (Lipinski definition) is 4. The zero-order chi connectivity index (χ0) is 19.8. The molecule has 27 heavy (non-hydrogen) atoms. The summed E-state index contributed by atoms with van der Waals surface area (Å²) in [6, 6.07) is 11.2. The van der Waals surface area contributed by atoms with Gasteiger partial charge in [0.15, 0.2) is 0 Å². The summed E-state index contributed by atoms with van der Waals surface area (Å²) < 4.78 is 50.8. The number of primary sulfonamides is 1. The summed E-state index contributed by atoms with van der Waals surface area (Å²) in [5, 5.41) is 8.95. The van der Waals surface area contributed by atoms with Crippen molar-refractivity contribution in [3.63, 3.8) is 0 Å². The van der Waals surface area contributed by atoms with E-state index in [0.717, 1.165) is 0 Å². The van der Waals surface area contributed by atoms with Gasteiger partial charge in [-0.05, 0) is 42.0 Å². The van der Waals surface area contributed by atoms with Crippen LogP contribution in [0.2, 0.25) is 0 Å². The predicted octanol–water partition coefficient (Wildman–Crippen LogP) is 2.22. The summed E-state index contributed by atoms with van der Waals surface area (Å²) in [6.07, 6.45) is -1.45. The number of primary amides is 1. The van der Waals surface area contributed by atoms with Crippen LogP contribution >= 0.6 is 0 Å². The molecule has 3 aromatic rings. The van der Waals surface area contributed by atoms with Crippen LogP contribution < -0.4 is 10.9 Å². The second kappa shape index (κ2) is 6.89. The van der Waals surface area contributed by atoms with Crippen LogP contribution in [0.5, 0.6) is 0 Å². The zero-order valence-corrected chi connectivity index (χ0v) is 14.5. The second-order valence-corrected chi connectivity index (χ2v) is 7.22. The Morgan fingerprint density at radius 3 is 2.11 bits per heavy atom. The van der Waals surface area contributed by atoms with Crippen LogP contribution in [0.1, 0.15) is 22.5 Å².